The van der Waals surface area contributed by atoms with E-state index in [1.165, 1.54) is 4.88 Å². The molecule has 0 aliphatic carbocycles. The van der Waals surface area contributed by atoms with Crippen LogP contribution in [-0.2, 0) is 4.79 Å². The lowest BCUT2D eigenvalue weighted by molar-refractivity contribution is -0.119. The third-order valence-corrected chi connectivity index (χ3v) is 5.08. The average Bonchev–Trinajstić information content (AvgIpc) is 2.99. The Morgan fingerprint density at radius 3 is 2.95 bits per heavy atom. The molecule has 1 saturated heterocycles. The van der Waals surface area contributed by atoms with Crippen LogP contribution in [0.2, 0.25) is 4.34 Å². The Kier molecular flexibility index (Phi) is 5.43. The minimum Gasteiger partial charge on any atom is -0.352 e. The van der Waals surface area contributed by atoms with Crippen LogP contribution in [0.4, 0.5) is 0 Å². The van der Waals surface area contributed by atoms with E-state index >= 15 is 0 Å². The molecule has 112 valence electrons. The lowest BCUT2D eigenvalue weighted by Crippen LogP contribution is -2.41. The second-order valence-electron chi connectivity index (χ2n) is 5.34. The summed E-state index contributed by atoms with van der Waals surface area (Å²) < 4.78 is 0.797. The molecule has 6 heteroatoms. The Hall–Kier alpha value is -0.620. The maximum atomic E-state index is 11.2. The normalized spacial score (nSPS) is 22.7. The van der Waals surface area contributed by atoms with E-state index in [0.29, 0.717) is 0 Å². The molecule has 0 spiro atoms. The van der Waals surface area contributed by atoms with Crippen LogP contribution < -0.4 is 11.1 Å². The maximum absolute atomic E-state index is 11.2. The van der Waals surface area contributed by atoms with Gasteiger partial charge in [-0.05, 0) is 25.0 Å². The van der Waals surface area contributed by atoms with Crippen molar-refractivity contribution in [3.05, 3.63) is 21.3 Å². The standard InChI is InChI=1S/C14H22ClN3OS/c1-3-11(16)14(12-4-5-13(15)20-12)18-7-6-10(8-18)17-9(2)19/h4-5,10-11,14H,3,6-8,16H2,1-2H3,(H,17,19). The summed E-state index contributed by atoms with van der Waals surface area (Å²) in [6, 6.07) is 4.50. The maximum Gasteiger partial charge on any atom is 0.217 e. The number of hydrogen-bond donors (Lipinski definition) is 2. The molecular weight excluding hydrogens is 294 g/mol. The molecule has 2 heterocycles. The number of carbonyl (C=O) groups excluding carboxylic acids is 1. The van der Waals surface area contributed by atoms with E-state index in [-0.39, 0.29) is 24.0 Å². The zero-order valence-corrected chi connectivity index (χ0v) is 13.5. The summed E-state index contributed by atoms with van der Waals surface area (Å²) in [7, 11) is 0. The van der Waals surface area contributed by atoms with Gasteiger partial charge in [0.05, 0.1) is 10.4 Å². The number of halogens is 1. The average molecular weight is 316 g/mol. The van der Waals surface area contributed by atoms with Gasteiger partial charge < -0.3 is 11.1 Å². The quantitative estimate of drug-likeness (QED) is 0.877. The topological polar surface area (TPSA) is 58.4 Å². The molecular formula is C14H22ClN3OS. The van der Waals surface area contributed by atoms with Crippen LogP contribution in [0.15, 0.2) is 12.1 Å². The van der Waals surface area contributed by atoms with Gasteiger partial charge in [0.15, 0.2) is 0 Å². The van der Waals surface area contributed by atoms with Crippen molar-refractivity contribution in [1.29, 1.82) is 0 Å². The van der Waals surface area contributed by atoms with Crippen LogP contribution >= 0.6 is 22.9 Å². The van der Waals surface area contributed by atoms with E-state index < -0.39 is 0 Å². The highest BCUT2D eigenvalue weighted by Gasteiger charge is 2.33. The van der Waals surface area contributed by atoms with Gasteiger partial charge in [0.25, 0.3) is 0 Å². The molecule has 1 aromatic rings. The van der Waals surface area contributed by atoms with E-state index in [2.05, 4.69) is 23.2 Å². The van der Waals surface area contributed by atoms with Crippen LogP contribution in [0, 0.1) is 0 Å². The van der Waals surface area contributed by atoms with Crippen LogP contribution in [-0.4, -0.2) is 36.0 Å². The van der Waals surface area contributed by atoms with Gasteiger partial charge in [-0.25, -0.2) is 0 Å². The number of nitrogens with two attached hydrogens (primary N) is 1. The number of nitrogens with zero attached hydrogens (tertiary/aromatic N) is 1. The molecule has 0 saturated carbocycles. The number of carbonyl (C=O) groups is 1. The predicted molar refractivity (Wildman–Crippen MR) is 84.1 cm³/mol. The first-order chi connectivity index (χ1) is 9.51. The summed E-state index contributed by atoms with van der Waals surface area (Å²) in [5.41, 5.74) is 6.32. The molecule has 20 heavy (non-hydrogen) atoms. The number of amides is 1. The number of nitrogens with one attached hydrogen (secondary N) is 1. The fourth-order valence-corrected chi connectivity index (χ4v) is 4.09. The first-order valence-corrected chi connectivity index (χ1v) is 8.22. The molecule has 4 nitrogen and oxygen atoms in total. The second-order valence-corrected chi connectivity index (χ2v) is 7.09. The van der Waals surface area contributed by atoms with E-state index in [9.17, 15) is 4.79 Å². The zero-order chi connectivity index (χ0) is 14.7. The monoisotopic (exact) mass is 315 g/mol. The van der Waals surface area contributed by atoms with Crippen molar-refractivity contribution < 1.29 is 4.79 Å². The van der Waals surface area contributed by atoms with Crippen molar-refractivity contribution in [3.63, 3.8) is 0 Å². The Labute approximate surface area is 129 Å². The van der Waals surface area contributed by atoms with Crippen molar-refractivity contribution in [3.8, 4) is 0 Å². The Balaban J connectivity index is 2.10. The van der Waals surface area contributed by atoms with E-state index in [0.717, 1.165) is 30.3 Å². The van der Waals surface area contributed by atoms with Crippen molar-refractivity contribution in [2.24, 2.45) is 5.73 Å². The molecule has 0 bridgehead atoms. The smallest absolute Gasteiger partial charge is 0.217 e. The molecule has 3 unspecified atom stereocenters. The number of likely N-dealkylation sites (tertiary alicyclic amines) is 1. The van der Waals surface area contributed by atoms with E-state index in [1.807, 2.05) is 6.07 Å². The summed E-state index contributed by atoms with van der Waals surface area (Å²) in [6.07, 6.45) is 1.90. The summed E-state index contributed by atoms with van der Waals surface area (Å²) in [6.45, 7) is 5.48. The van der Waals surface area contributed by atoms with Crippen molar-refractivity contribution in [2.45, 2.75) is 44.8 Å². The highest BCUT2D eigenvalue weighted by Crippen LogP contribution is 2.34. The molecule has 1 aromatic heterocycles. The van der Waals surface area contributed by atoms with E-state index in [1.54, 1.807) is 18.3 Å². The first-order valence-electron chi connectivity index (χ1n) is 7.03. The molecule has 3 atom stereocenters. The Morgan fingerprint density at radius 1 is 1.65 bits per heavy atom. The van der Waals surface area contributed by atoms with Gasteiger partial charge in [-0.2, -0.15) is 0 Å². The highest BCUT2D eigenvalue weighted by atomic mass is 35.5. The Bertz CT molecular complexity index is 465. The van der Waals surface area contributed by atoms with Crippen molar-refractivity contribution >= 4 is 28.8 Å². The fraction of sp³-hybridized carbons (Fsp3) is 0.643. The van der Waals surface area contributed by atoms with Crippen LogP contribution in [0.5, 0.6) is 0 Å². The first kappa shape index (κ1) is 15.8. The minimum atomic E-state index is 0.0346. The van der Waals surface area contributed by atoms with Crippen LogP contribution in [0.1, 0.15) is 37.6 Å². The molecule has 0 radical (unpaired) electrons. The number of rotatable bonds is 5. The van der Waals surface area contributed by atoms with Crippen molar-refractivity contribution in [1.82, 2.24) is 10.2 Å². The van der Waals surface area contributed by atoms with Crippen molar-refractivity contribution in [2.75, 3.05) is 13.1 Å². The van der Waals surface area contributed by atoms with Crippen LogP contribution in [0.25, 0.3) is 0 Å². The molecule has 0 aromatic carbocycles. The lowest BCUT2D eigenvalue weighted by atomic mass is 10.0. The van der Waals surface area contributed by atoms with Gasteiger partial charge in [-0.15, -0.1) is 11.3 Å². The third kappa shape index (κ3) is 3.73. The van der Waals surface area contributed by atoms with E-state index in [4.69, 9.17) is 17.3 Å². The summed E-state index contributed by atoms with van der Waals surface area (Å²) in [5.74, 6) is 0.0346. The SMILES string of the molecule is CCC(N)C(c1ccc(Cl)s1)N1CCC(NC(C)=O)C1. The molecule has 3 N–H and O–H groups in total. The third-order valence-electron chi connectivity index (χ3n) is 3.78. The predicted octanol–water partition coefficient (Wildman–Crippen LogP) is 2.39. The fourth-order valence-electron chi connectivity index (χ4n) is 2.82. The van der Waals surface area contributed by atoms with Gasteiger partial charge in [0.1, 0.15) is 0 Å². The molecule has 1 aliphatic rings. The summed E-state index contributed by atoms with van der Waals surface area (Å²) in [4.78, 5) is 14.8. The molecule has 1 aliphatic heterocycles. The van der Waals surface area contributed by atoms with Gasteiger partial charge in [0.2, 0.25) is 5.91 Å². The Morgan fingerprint density at radius 2 is 2.40 bits per heavy atom. The van der Waals surface area contributed by atoms with Gasteiger partial charge >= 0.3 is 0 Å². The molecule has 1 fully saturated rings. The highest BCUT2D eigenvalue weighted by molar-refractivity contribution is 7.16. The minimum absolute atomic E-state index is 0.0346. The number of hydrogen-bond acceptors (Lipinski definition) is 4. The van der Waals surface area contributed by atoms with Gasteiger partial charge in [-0.1, -0.05) is 18.5 Å². The zero-order valence-electron chi connectivity index (χ0n) is 11.9. The summed E-state index contributed by atoms with van der Waals surface area (Å²) >= 11 is 7.66. The van der Waals surface area contributed by atoms with Gasteiger partial charge in [0, 0.05) is 37.0 Å². The van der Waals surface area contributed by atoms with Gasteiger partial charge in [-0.3, -0.25) is 9.69 Å². The second kappa shape index (κ2) is 6.89. The summed E-state index contributed by atoms with van der Waals surface area (Å²) in [5, 5.41) is 3.00. The molecule has 2 rings (SSSR count). The largest absolute Gasteiger partial charge is 0.352 e. The van der Waals surface area contributed by atoms with Crippen LogP contribution in [0.3, 0.4) is 0 Å². The number of thiophene rings is 1. The molecule has 1 amide bonds. The lowest BCUT2D eigenvalue weighted by Gasteiger charge is -2.31.